The molecular formula is C16H20F3N3O3S. The third kappa shape index (κ3) is 4.36. The van der Waals surface area contributed by atoms with Crippen LogP contribution < -0.4 is 5.32 Å². The number of amides is 1. The van der Waals surface area contributed by atoms with E-state index in [4.69, 9.17) is 0 Å². The van der Waals surface area contributed by atoms with Crippen LogP contribution >= 0.6 is 0 Å². The fourth-order valence-corrected chi connectivity index (χ4v) is 4.53. The molecule has 2 fully saturated rings. The molecule has 2 aliphatic rings. The summed E-state index contributed by atoms with van der Waals surface area (Å²) in [4.78, 5) is 12.9. The number of hydrogen-bond donors (Lipinski definition) is 1. The molecule has 0 unspecified atom stereocenters. The Morgan fingerprint density at radius 1 is 1.12 bits per heavy atom. The number of alkyl halides is 3. The zero-order valence-electron chi connectivity index (χ0n) is 14.0. The average Bonchev–Trinajstić information content (AvgIpc) is 3.38. The Balaban J connectivity index is 1.66. The molecule has 1 saturated carbocycles. The first-order chi connectivity index (χ1) is 12.2. The van der Waals surface area contributed by atoms with Gasteiger partial charge in [0.15, 0.2) is 0 Å². The van der Waals surface area contributed by atoms with Crippen molar-refractivity contribution in [2.45, 2.75) is 30.0 Å². The number of halogens is 3. The lowest BCUT2D eigenvalue weighted by molar-refractivity contribution is -0.140. The maximum absolute atomic E-state index is 13.1. The molecule has 26 heavy (non-hydrogen) atoms. The highest BCUT2D eigenvalue weighted by Crippen LogP contribution is 2.35. The number of piperazine rings is 1. The molecule has 1 saturated heterocycles. The summed E-state index contributed by atoms with van der Waals surface area (Å²) in [5, 5.41) is 2.86. The van der Waals surface area contributed by atoms with Gasteiger partial charge < -0.3 is 5.32 Å². The summed E-state index contributed by atoms with van der Waals surface area (Å²) in [6.07, 6.45) is -2.78. The first-order valence-electron chi connectivity index (χ1n) is 8.36. The number of sulfonamides is 1. The lowest BCUT2D eigenvalue weighted by Crippen LogP contribution is -2.51. The van der Waals surface area contributed by atoms with E-state index in [0.717, 1.165) is 35.3 Å². The Bertz CT molecular complexity index is 770. The molecule has 1 aromatic rings. The molecule has 1 aliphatic heterocycles. The minimum atomic E-state index is -4.74. The van der Waals surface area contributed by atoms with Crippen molar-refractivity contribution in [3.8, 4) is 0 Å². The van der Waals surface area contributed by atoms with Crippen LogP contribution in [0.3, 0.4) is 0 Å². The van der Waals surface area contributed by atoms with Gasteiger partial charge in [0.25, 0.3) is 0 Å². The van der Waals surface area contributed by atoms with Crippen LogP contribution in [0.4, 0.5) is 13.2 Å². The minimum Gasteiger partial charge on any atom is -0.352 e. The second-order valence-electron chi connectivity index (χ2n) is 6.52. The smallest absolute Gasteiger partial charge is 0.352 e. The van der Waals surface area contributed by atoms with Gasteiger partial charge in [0.2, 0.25) is 15.9 Å². The van der Waals surface area contributed by atoms with Gasteiger partial charge in [-0.2, -0.15) is 17.5 Å². The molecule has 0 bridgehead atoms. The van der Waals surface area contributed by atoms with Crippen LogP contribution in [-0.4, -0.2) is 62.3 Å². The predicted octanol–water partition coefficient (Wildman–Crippen LogP) is 1.29. The van der Waals surface area contributed by atoms with Crippen molar-refractivity contribution in [3.63, 3.8) is 0 Å². The quantitative estimate of drug-likeness (QED) is 0.821. The highest BCUT2D eigenvalue weighted by atomic mass is 32.2. The number of benzene rings is 1. The van der Waals surface area contributed by atoms with Crippen molar-refractivity contribution < 1.29 is 26.4 Å². The zero-order chi connectivity index (χ0) is 18.9. The molecule has 0 radical (unpaired) electrons. The molecule has 0 aromatic heterocycles. The van der Waals surface area contributed by atoms with E-state index in [1.807, 2.05) is 0 Å². The van der Waals surface area contributed by atoms with E-state index in [1.54, 1.807) is 4.90 Å². The third-order valence-corrected chi connectivity index (χ3v) is 6.41. The summed E-state index contributed by atoms with van der Waals surface area (Å²) in [7, 11) is -4.25. The first kappa shape index (κ1) is 19.1. The standard InChI is InChI=1S/C16H20F3N3O3S/c17-16(18,19)13-3-1-2-4-14(13)26(24,25)22-9-7-21(8-10-22)11-15(23)20-12-5-6-12/h1-4,12H,5-11H2,(H,20,23). The second-order valence-corrected chi connectivity index (χ2v) is 8.42. The number of carbonyl (C=O) groups excluding carboxylic acids is 1. The van der Waals surface area contributed by atoms with Crippen molar-refractivity contribution in [3.05, 3.63) is 29.8 Å². The SMILES string of the molecule is O=C(CN1CCN(S(=O)(=O)c2ccccc2C(F)(F)F)CC1)NC1CC1. The molecule has 0 atom stereocenters. The van der Waals surface area contributed by atoms with Gasteiger partial charge in [0.1, 0.15) is 0 Å². The van der Waals surface area contributed by atoms with Crippen molar-refractivity contribution in [1.29, 1.82) is 0 Å². The van der Waals surface area contributed by atoms with E-state index < -0.39 is 26.7 Å². The summed E-state index contributed by atoms with van der Waals surface area (Å²) in [5.41, 5.74) is -1.16. The molecule has 10 heteroatoms. The van der Waals surface area contributed by atoms with Crippen molar-refractivity contribution >= 4 is 15.9 Å². The average molecular weight is 391 g/mol. The van der Waals surface area contributed by atoms with E-state index in [0.29, 0.717) is 13.1 Å². The monoisotopic (exact) mass is 391 g/mol. The predicted molar refractivity (Wildman–Crippen MR) is 87.8 cm³/mol. The van der Waals surface area contributed by atoms with E-state index in [-0.39, 0.29) is 31.6 Å². The normalized spacial score (nSPS) is 20.1. The largest absolute Gasteiger partial charge is 0.417 e. The maximum atomic E-state index is 13.1. The molecule has 3 rings (SSSR count). The zero-order valence-corrected chi connectivity index (χ0v) is 14.8. The summed E-state index contributed by atoms with van der Waals surface area (Å²) >= 11 is 0. The lowest BCUT2D eigenvalue weighted by Gasteiger charge is -2.34. The number of nitrogens with zero attached hydrogens (tertiary/aromatic N) is 2. The molecule has 1 heterocycles. The van der Waals surface area contributed by atoms with Crippen LogP contribution in [-0.2, 0) is 21.0 Å². The van der Waals surface area contributed by atoms with Gasteiger partial charge >= 0.3 is 6.18 Å². The third-order valence-electron chi connectivity index (χ3n) is 4.45. The Kier molecular flexibility index (Phi) is 5.27. The van der Waals surface area contributed by atoms with E-state index >= 15 is 0 Å². The Labute approximate surface area is 150 Å². The summed E-state index contributed by atoms with van der Waals surface area (Å²) in [6, 6.07) is 4.45. The molecular weight excluding hydrogens is 371 g/mol. The maximum Gasteiger partial charge on any atom is 0.417 e. The van der Waals surface area contributed by atoms with Crippen molar-refractivity contribution in [2.75, 3.05) is 32.7 Å². The molecule has 6 nitrogen and oxygen atoms in total. The van der Waals surface area contributed by atoms with E-state index in [2.05, 4.69) is 5.32 Å². The first-order valence-corrected chi connectivity index (χ1v) is 9.80. The summed E-state index contributed by atoms with van der Waals surface area (Å²) in [6.45, 7) is 0.858. The van der Waals surface area contributed by atoms with Crippen LogP contribution in [0.2, 0.25) is 0 Å². The van der Waals surface area contributed by atoms with Crippen LogP contribution in [0.5, 0.6) is 0 Å². The van der Waals surface area contributed by atoms with Crippen LogP contribution in [0, 0.1) is 0 Å². The van der Waals surface area contributed by atoms with E-state index in [1.165, 1.54) is 6.07 Å². The molecule has 1 amide bonds. The minimum absolute atomic E-state index is 0.0469. The molecule has 1 aliphatic carbocycles. The Morgan fingerprint density at radius 2 is 1.73 bits per heavy atom. The van der Waals surface area contributed by atoms with Gasteiger partial charge in [-0.1, -0.05) is 12.1 Å². The van der Waals surface area contributed by atoms with Gasteiger partial charge in [0.05, 0.1) is 17.0 Å². The Morgan fingerprint density at radius 3 is 2.31 bits per heavy atom. The molecule has 144 valence electrons. The number of hydrogen-bond acceptors (Lipinski definition) is 4. The summed E-state index contributed by atoms with van der Waals surface area (Å²) in [5.74, 6) is -0.105. The number of rotatable bonds is 5. The van der Waals surface area contributed by atoms with Crippen LogP contribution in [0.15, 0.2) is 29.2 Å². The van der Waals surface area contributed by atoms with Crippen molar-refractivity contribution in [1.82, 2.24) is 14.5 Å². The Hall–Kier alpha value is -1.65. The summed E-state index contributed by atoms with van der Waals surface area (Å²) < 4.78 is 65.8. The molecule has 1 N–H and O–H groups in total. The van der Waals surface area contributed by atoms with Gasteiger partial charge in [-0.15, -0.1) is 0 Å². The second kappa shape index (κ2) is 7.16. The fraction of sp³-hybridized carbons (Fsp3) is 0.562. The van der Waals surface area contributed by atoms with Gasteiger partial charge in [-0.3, -0.25) is 9.69 Å². The highest BCUT2D eigenvalue weighted by Gasteiger charge is 2.39. The van der Waals surface area contributed by atoms with E-state index in [9.17, 15) is 26.4 Å². The number of nitrogens with one attached hydrogen (secondary N) is 1. The fourth-order valence-electron chi connectivity index (χ4n) is 2.90. The molecule has 1 aromatic carbocycles. The van der Waals surface area contributed by atoms with Crippen LogP contribution in [0.1, 0.15) is 18.4 Å². The number of carbonyl (C=O) groups is 1. The van der Waals surface area contributed by atoms with Crippen LogP contribution in [0.25, 0.3) is 0 Å². The van der Waals surface area contributed by atoms with Gasteiger partial charge in [0, 0.05) is 32.2 Å². The topological polar surface area (TPSA) is 69.7 Å². The highest BCUT2D eigenvalue weighted by molar-refractivity contribution is 7.89. The van der Waals surface area contributed by atoms with Gasteiger partial charge in [-0.05, 0) is 25.0 Å². The molecule has 0 spiro atoms. The van der Waals surface area contributed by atoms with Crippen molar-refractivity contribution in [2.24, 2.45) is 0 Å². The van der Waals surface area contributed by atoms with Gasteiger partial charge in [-0.25, -0.2) is 8.42 Å². The lowest BCUT2D eigenvalue weighted by atomic mass is 10.2.